The van der Waals surface area contributed by atoms with Gasteiger partial charge >= 0.3 is 12.2 Å². The fourth-order valence-corrected chi connectivity index (χ4v) is 4.22. The largest absolute Gasteiger partial charge is 0.447 e. The van der Waals surface area contributed by atoms with Crippen LogP contribution in [0.25, 0.3) is 5.52 Å². The molecule has 34 heavy (non-hydrogen) atoms. The molecule has 0 aliphatic carbocycles. The highest BCUT2D eigenvalue weighted by Crippen LogP contribution is 2.34. The number of imide groups is 1. The van der Waals surface area contributed by atoms with Crippen LogP contribution in [-0.2, 0) is 20.6 Å². The maximum absolute atomic E-state index is 12.6. The highest BCUT2D eigenvalue weighted by atomic mass is 16.6. The van der Waals surface area contributed by atoms with E-state index in [1.165, 1.54) is 6.33 Å². The Morgan fingerprint density at radius 2 is 2.00 bits per heavy atom. The van der Waals surface area contributed by atoms with Crippen LogP contribution in [0.2, 0.25) is 0 Å². The molecule has 0 saturated carbocycles. The Hall–Kier alpha value is -4.17. The molecule has 0 bridgehead atoms. The Morgan fingerprint density at radius 3 is 2.79 bits per heavy atom. The van der Waals surface area contributed by atoms with Gasteiger partial charge in [0.2, 0.25) is 0 Å². The van der Waals surface area contributed by atoms with Gasteiger partial charge in [0, 0.05) is 6.57 Å². The number of nitriles is 1. The minimum atomic E-state index is -0.714. The number of rotatable bonds is 5. The predicted octanol–water partition coefficient (Wildman–Crippen LogP) is 2.87. The molecule has 3 unspecified atom stereocenters. The number of nitrogen functional groups attached to an aromatic ring is 1. The van der Waals surface area contributed by atoms with Crippen LogP contribution in [0.4, 0.5) is 15.4 Å². The van der Waals surface area contributed by atoms with E-state index in [-0.39, 0.29) is 25.4 Å². The second-order valence-electron chi connectivity index (χ2n) is 7.89. The van der Waals surface area contributed by atoms with Crippen molar-refractivity contribution in [3.05, 3.63) is 60.0 Å². The van der Waals surface area contributed by atoms with E-state index in [9.17, 15) is 9.59 Å². The molecule has 4 heterocycles. The van der Waals surface area contributed by atoms with Crippen LogP contribution in [0, 0.1) is 11.8 Å². The summed E-state index contributed by atoms with van der Waals surface area (Å²) in [7, 11) is 0. The normalized spacial score (nSPS) is 21.6. The van der Waals surface area contributed by atoms with Crippen LogP contribution in [0.3, 0.4) is 0 Å². The lowest BCUT2D eigenvalue weighted by Gasteiger charge is -2.20. The minimum Gasteiger partial charge on any atom is -0.447 e. The third-order valence-electron chi connectivity index (χ3n) is 5.81. The van der Waals surface area contributed by atoms with Gasteiger partial charge in [0.1, 0.15) is 31.2 Å². The summed E-state index contributed by atoms with van der Waals surface area (Å²) >= 11 is 0. The number of nitrogens with two attached hydrogens (primary N) is 1. The number of benzene rings is 1. The zero-order valence-electron chi connectivity index (χ0n) is 18.3. The van der Waals surface area contributed by atoms with Crippen LogP contribution in [-0.4, -0.2) is 57.0 Å². The predicted molar refractivity (Wildman–Crippen MR) is 119 cm³/mol. The standard InChI is InChI=1S/C22H23N5O5.CHN/c23-20-18-8-7-17(27(18)25-13-24-20)19-9-6-16(32-19)12-31-22(29)26-15(11-30-21(26)28)10-14-4-2-1-3-5-14;1-2/h1-5,7-8,13,15-16,19H,6,9-12H2,(H2,23,24,25);1H. The molecule has 3 aromatic rings. The molecule has 2 amide bonds. The summed E-state index contributed by atoms with van der Waals surface area (Å²) in [4.78, 5) is 29.8. The SMILES string of the molecule is C#N.Nc1ncnn2c(C3CCC(COC(=O)N4C(=O)OCC4Cc4ccccc4)O3)ccc12. The summed E-state index contributed by atoms with van der Waals surface area (Å²) in [6, 6.07) is 13.0. The van der Waals surface area contributed by atoms with Gasteiger partial charge in [-0.2, -0.15) is 5.10 Å². The summed E-state index contributed by atoms with van der Waals surface area (Å²) in [5, 5.41) is 10.8. The van der Waals surface area contributed by atoms with Crippen molar-refractivity contribution in [1.82, 2.24) is 19.5 Å². The van der Waals surface area contributed by atoms with Crippen molar-refractivity contribution < 1.29 is 23.8 Å². The van der Waals surface area contributed by atoms with Gasteiger partial charge in [-0.25, -0.2) is 29.3 Å². The van der Waals surface area contributed by atoms with Crippen molar-refractivity contribution >= 4 is 23.5 Å². The molecule has 176 valence electrons. The summed E-state index contributed by atoms with van der Waals surface area (Å²) < 4.78 is 18.3. The second-order valence-corrected chi connectivity index (χ2v) is 7.89. The van der Waals surface area contributed by atoms with E-state index in [4.69, 9.17) is 25.2 Å². The van der Waals surface area contributed by atoms with Gasteiger partial charge in [-0.3, -0.25) is 0 Å². The topological polar surface area (TPSA) is 145 Å². The van der Waals surface area contributed by atoms with Crippen molar-refractivity contribution in [1.29, 1.82) is 5.26 Å². The van der Waals surface area contributed by atoms with Crippen molar-refractivity contribution in [3.8, 4) is 6.57 Å². The fraction of sp³-hybridized carbons (Fsp3) is 0.348. The number of carbonyl (C=O) groups excluding carboxylic acids is 2. The Balaban J connectivity index is 0.00000133. The highest BCUT2D eigenvalue weighted by molar-refractivity contribution is 5.89. The monoisotopic (exact) mass is 464 g/mol. The van der Waals surface area contributed by atoms with E-state index in [0.29, 0.717) is 18.7 Å². The summed E-state index contributed by atoms with van der Waals surface area (Å²) in [5.41, 5.74) is 8.50. The number of anilines is 1. The highest BCUT2D eigenvalue weighted by Gasteiger charge is 2.40. The summed E-state index contributed by atoms with van der Waals surface area (Å²) in [5.74, 6) is 0.400. The van der Waals surface area contributed by atoms with Crippen LogP contribution >= 0.6 is 0 Å². The number of fused-ring (bicyclic) bond motifs is 1. The third-order valence-corrected chi connectivity index (χ3v) is 5.81. The van der Waals surface area contributed by atoms with Crippen molar-refractivity contribution in [3.63, 3.8) is 0 Å². The molecule has 0 spiro atoms. The number of aromatic nitrogens is 3. The van der Waals surface area contributed by atoms with E-state index in [2.05, 4.69) is 16.7 Å². The molecule has 2 aliphatic heterocycles. The summed E-state index contributed by atoms with van der Waals surface area (Å²) in [6.07, 6.45) is 1.51. The molecule has 1 aromatic carbocycles. The van der Waals surface area contributed by atoms with Gasteiger partial charge in [0.05, 0.1) is 17.8 Å². The zero-order valence-corrected chi connectivity index (χ0v) is 18.3. The molecule has 2 N–H and O–H groups in total. The van der Waals surface area contributed by atoms with Gasteiger partial charge in [-0.15, -0.1) is 0 Å². The molecule has 2 saturated heterocycles. The van der Waals surface area contributed by atoms with Crippen LogP contribution in [0.15, 0.2) is 48.8 Å². The fourth-order valence-electron chi connectivity index (χ4n) is 4.22. The Kier molecular flexibility index (Phi) is 6.89. The van der Waals surface area contributed by atoms with E-state index in [1.807, 2.05) is 42.5 Å². The average molecular weight is 464 g/mol. The van der Waals surface area contributed by atoms with E-state index >= 15 is 0 Å². The second kappa shape index (κ2) is 10.2. The smallest absolute Gasteiger partial charge is 0.419 e. The maximum Gasteiger partial charge on any atom is 0.419 e. The molecule has 2 fully saturated rings. The number of amides is 2. The summed E-state index contributed by atoms with van der Waals surface area (Å²) in [6.45, 7) is 3.70. The lowest BCUT2D eigenvalue weighted by atomic mass is 10.1. The van der Waals surface area contributed by atoms with Crippen molar-refractivity contribution in [2.45, 2.75) is 37.5 Å². The maximum atomic E-state index is 12.6. The van der Waals surface area contributed by atoms with E-state index in [1.54, 1.807) is 4.52 Å². The lowest BCUT2D eigenvalue weighted by molar-refractivity contribution is -0.00390. The van der Waals surface area contributed by atoms with Crippen LogP contribution in [0.5, 0.6) is 0 Å². The molecule has 11 heteroatoms. The van der Waals surface area contributed by atoms with Gasteiger partial charge < -0.3 is 19.9 Å². The van der Waals surface area contributed by atoms with Crippen LogP contribution < -0.4 is 5.73 Å². The third kappa shape index (κ3) is 4.62. The molecular formula is C23H24N6O5. The molecule has 2 aromatic heterocycles. The molecule has 3 atom stereocenters. The van der Waals surface area contributed by atoms with Crippen LogP contribution in [0.1, 0.15) is 30.2 Å². The Morgan fingerprint density at radius 1 is 1.21 bits per heavy atom. The lowest BCUT2D eigenvalue weighted by Crippen LogP contribution is -2.41. The Bertz CT molecular complexity index is 1180. The number of hydrogen-bond acceptors (Lipinski definition) is 9. The first-order chi connectivity index (χ1) is 16.6. The van der Waals surface area contributed by atoms with Gasteiger partial charge in [0.15, 0.2) is 5.82 Å². The number of carbonyl (C=O) groups is 2. The molecular weight excluding hydrogens is 440 g/mol. The number of nitrogens with zero attached hydrogens (tertiary/aromatic N) is 5. The van der Waals surface area contributed by atoms with Gasteiger partial charge in [-0.05, 0) is 37.0 Å². The average Bonchev–Trinajstić information content (AvgIpc) is 3.59. The first kappa shape index (κ1) is 23.0. The minimum absolute atomic E-state index is 0.0532. The first-order valence-corrected chi connectivity index (χ1v) is 10.8. The molecule has 11 nitrogen and oxygen atoms in total. The van der Waals surface area contributed by atoms with Gasteiger partial charge in [-0.1, -0.05) is 30.3 Å². The van der Waals surface area contributed by atoms with Gasteiger partial charge in [0.25, 0.3) is 0 Å². The zero-order chi connectivity index (χ0) is 24.1. The van der Waals surface area contributed by atoms with Crippen molar-refractivity contribution in [2.75, 3.05) is 18.9 Å². The number of ether oxygens (including phenoxy) is 3. The van der Waals surface area contributed by atoms with E-state index < -0.39 is 18.2 Å². The Labute approximate surface area is 195 Å². The molecule has 0 radical (unpaired) electrons. The number of cyclic esters (lactones) is 1. The number of hydrogen-bond donors (Lipinski definition) is 1. The quantitative estimate of drug-likeness (QED) is 0.602. The molecule has 2 aliphatic rings. The molecule has 5 rings (SSSR count). The first-order valence-electron chi connectivity index (χ1n) is 10.8. The van der Waals surface area contributed by atoms with E-state index in [0.717, 1.165) is 28.1 Å². The van der Waals surface area contributed by atoms with Crippen molar-refractivity contribution in [2.24, 2.45) is 0 Å².